The van der Waals surface area contributed by atoms with E-state index in [1.165, 1.54) is 0 Å². The molecule has 0 amide bonds. The van der Waals surface area contributed by atoms with E-state index in [1.807, 2.05) is 24.3 Å². The lowest BCUT2D eigenvalue weighted by atomic mass is 10.2. The van der Waals surface area contributed by atoms with E-state index in [0.29, 0.717) is 12.1 Å². The number of rotatable bonds is 3. The third-order valence-electron chi connectivity index (χ3n) is 2.52. The predicted octanol–water partition coefficient (Wildman–Crippen LogP) is 3.64. The van der Waals surface area contributed by atoms with Crippen molar-refractivity contribution in [1.29, 1.82) is 5.26 Å². The zero-order valence-corrected chi connectivity index (χ0v) is 11.1. The molecule has 0 heterocycles. The van der Waals surface area contributed by atoms with Gasteiger partial charge in [0.25, 0.3) is 0 Å². The Hall–Kier alpha value is -1.99. The van der Waals surface area contributed by atoms with Crippen LogP contribution in [0.4, 0.5) is 5.69 Å². The molecular formula is C14H11BrN2O. The van der Waals surface area contributed by atoms with Gasteiger partial charge in [-0.15, -0.1) is 0 Å². The van der Waals surface area contributed by atoms with Crippen LogP contribution in [0.2, 0.25) is 0 Å². The van der Waals surface area contributed by atoms with Crippen molar-refractivity contribution in [2.24, 2.45) is 0 Å². The summed E-state index contributed by atoms with van der Waals surface area (Å²) in [5.74, 6) is 0.264. The molecule has 90 valence electrons. The molecule has 0 unspecified atom stereocenters. The van der Waals surface area contributed by atoms with Gasteiger partial charge in [0.1, 0.15) is 11.8 Å². The minimum absolute atomic E-state index is 0.264. The lowest BCUT2D eigenvalue weighted by molar-refractivity contribution is 0.475. The first-order chi connectivity index (χ1) is 8.69. The molecule has 0 aliphatic heterocycles. The average molecular weight is 303 g/mol. The van der Waals surface area contributed by atoms with Gasteiger partial charge < -0.3 is 10.4 Å². The van der Waals surface area contributed by atoms with E-state index in [9.17, 15) is 5.11 Å². The highest BCUT2D eigenvalue weighted by molar-refractivity contribution is 9.10. The van der Waals surface area contributed by atoms with Crippen molar-refractivity contribution in [3.05, 3.63) is 58.1 Å². The van der Waals surface area contributed by atoms with Crippen molar-refractivity contribution in [1.82, 2.24) is 0 Å². The summed E-state index contributed by atoms with van der Waals surface area (Å²) in [5, 5.41) is 21.2. The molecule has 0 radical (unpaired) electrons. The topological polar surface area (TPSA) is 56.0 Å². The van der Waals surface area contributed by atoms with Crippen LogP contribution in [0.3, 0.4) is 0 Å². The molecule has 2 aromatic carbocycles. The largest absolute Gasteiger partial charge is 0.508 e. The number of hydrogen-bond acceptors (Lipinski definition) is 3. The Labute approximate surface area is 114 Å². The third-order valence-corrected chi connectivity index (χ3v) is 3.18. The molecular weight excluding hydrogens is 292 g/mol. The summed E-state index contributed by atoms with van der Waals surface area (Å²) in [6.07, 6.45) is 0. The summed E-state index contributed by atoms with van der Waals surface area (Å²) in [6.45, 7) is 0.665. The Morgan fingerprint density at radius 3 is 2.50 bits per heavy atom. The summed E-state index contributed by atoms with van der Waals surface area (Å²) in [7, 11) is 0. The molecule has 3 nitrogen and oxygen atoms in total. The highest BCUT2D eigenvalue weighted by atomic mass is 79.9. The van der Waals surface area contributed by atoms with Crippen molar-refractivity contribution >= 4 is 21.6 Å². The van der Waals surface area contributed by atoms with Gasteiger partial charge >= 0.3 is 0 Å². The summed E-state index contributed by atoms with van der Waals surface area (Å²) in [6, 6.07) is 14.6. The second kappa shape index (κ2) is 5.56. The van der Waals surface area contributed by atoms with Gasteiger partial charge in [-0.2, -0.15) is 5.26 Å². The molecule has 0 atom stereocenters. The van der Waals surface area contributed by atoms with Crippen LogP contribution in [0, 0.1) is 11.3 Å². The Kier molecular flexibility index (Phi) is 3.85. The SMILES string of the molecule is N#Cc1ccc(NCc2ccc(O)cc2)cc1Br. The van der Waals surface area contributed by atoms with Crippen LogP contribution in [-0.4, -0.2) is 5.11 Å². The van der Waals surface area contributed by atoms with Gasteiger partial charge in [-0.1, -0.05) is 12.1 Å². The van der Waals surface area contributed by atoms with E-state index in [1.54, 1.807) is 18.2 Å². The number of phenols is 1. The van der Waals surface area contributed by atoms with E-state index in [-0.39, 0.29) is 5.75 Å². The number of aromatic hydroxyl groups is 1. The van der Waals surface area contributed by atoms with E-state index in [4.69, 9.17) is 5.26 Å². The minimum atomic E-state index is 0.264. The maximum absolute atomic E-state index is 9.18. The van der Waals surface area contributed by atoms with E-state index in [2.05, 4.69) is 27.3 Å². The van der Waals surface area contributed by atoms with Gasteiger partial charge in [0.05, 0.1) is 5.56 Å². The van der Waals surface area contributed by atoms with Crippen LogP contribution in [-0.2, 0) is 6.54 Å². The number of phenolic OH excluding ortho intramolecular Hbond substituents is 1. The average Bonchev–Trinajstić information content (AvgIpc) is 2.38. The first-order valence-electron chi connectivity index (χ1n) is 5.40. The second-order valence-electron chi connectivity index (χ2n) is 3.83. The predicted molar refractivity (Wildman–Crippen MR) is 74.3 cm³/mol. The number of halogens is 1. The fourth-order valence-electron chi connectivity index (χ4n) is 1.53. The standard InChI is InChI=1S/C14H11BrN2O/c15-14-7-12(4-3-11(14)8-16)17-9-10-1-5-13(18)6-2-10/h1-7,17-18H,9H2. The van der Waals surface area contributed by atoms with Gasteiger partial charge in [0.15, 0.2) is 0 Å². The van der Waals surface area contributed by atoms with E-state index in [0.717, 1.165) is 15.7 Å². The van der Waals surface area contributed by atoms with Crippen molar-refractivity contribution < 1.29 is 5.11 Å². The van der Waals surface area contributed by atoms with Gasteiger partial charge in [-0.3, -0.25) is 0 Å². The van der Waals surface area contributed by atoms with Crippen molar-refractivity contribution in [2.45, 2.75) is 6.54 Å². The van der Waals surface area contributed by atoms with Gasteiger partial charge in [-0.25, -0.2) is 0 Å². The lowest BCUT2D eigenvalue weighted by Crippen LogP contribution is -1.99. The molecule has 0 saturated carbocycles. The molecule has 2 rings (SSSR count). The fraction of sp³-hybridized carbons (Fsp3) is 0.0714. The molecule has 2 N–H and O–H groups in total. The second-order valence-corrected chi connectivity index (χ2v) is 4.68. The van der Waals surface area contributed by atoms with Gasteiger partial charge in [0.2, 0.25) is 0 Å². The fourth-order valence-corrected chi connectivity index (χ4v) is 2.00. The first-order valence-corrected chi connectivity index (χ1v) is 6.20. The number of nitrogens with zero attached hydrogens (tertiary/aromatic N) is 1. The molecule has 0 saturated heterocycles. The lowest BCUT2D eigenvalue weighted by Gasteiger charge is -2.07. The van der Waals surface area contributed by atoms with Crippen molar-refractivity contribution in [3.63, 3.8) is 0 Å². The monoisotopic (exact) mass is 302 g/mol. The normalized spacial score (nSPS) is 9.78. The summed E-state index contributed by atoms with van der Waals surface area (Å²) >= 11 is 3.35. The minimum Gasteiger partial charge on any atom is -0.508 e. The summed E-state index contributed by atoms with van der Waals surface area (Å²) in [4.78, 5) is 0. The highest BCUT2D eigenvalue weighted by Gasteiger charge is 2.00. The molecule has 0 fully saturated rings. The van der Waals surface area contributed by atoms with Gasteiger partial charge in [0, 0.05) is 16.7 Å². The van der Waals surface area contributed by atoms with Crippen LogP contribution in [0.5, 0.6) is 5.75 Å². The van der Waals surface area contributed by atoms with E-state index >= 15 is 0 Å². The summed E-state index contributed by atoms with van der Waals surface area (Å²) < 4.78 is 0.778. The molecule has 0 aliphatic rings. The maximum Gasteiger partial charge on any atom is 0.115 e. The van der Waals surface area contributed by atoms with Crippen molar-refractivity contribution in [2.75, 3.05) is 5.32 Å². The molecule has 0 spiro atoms. The molecule has 2 aromatic rings. The quantitative estimate of drug-likeness (QED) is 0.910. The molecule has 0 aliphatic carbocycles. The summed E-state index contributed by atoms with van der Waals surface area (Å²) in [5.41, 5.74) is 2.63. The smallest absolute Gasteiger partial charge is 0.115 e. The number of hydrogen-bond donors (Lipinski definition) is 2. The molecule has 4 heteroatoms. The zero-order valence-electron chi connectivity index (χ0n) is 9.52. The number of nitrogens with one attached hydrogen (secondary N) is 1. The Morgan fingerprint density at radius 2 is 1.89 bits per heavy atom. The van der Waals surface area contributed by atoms with E-state index < -0.39 is 0 Å². The highest BCUT2D eigenvalue weighted by Crippen LogP contribution is 2.21. The Morgan fingerprint density at radius 1 is 1.17 bits per heavy atom. The van der Waals surface area contributed by atoms with Crippen LogP contribution >= 0.6 is 15.9 Å². The van der Waals surface area contributed by atoms with Gasteiger partial charge in [-0.05, 0) is 51.8 Å². The number of anilines is 1. The number of benzene rings is 2. The van der Waals surface area contributed by atoms with Crippen LogP contribution in [0.15, 0.2) is 46.9 Å². The van der Waals surface area contributed by atoms with Crippen LogP contribution in [0.1, 0.15) is 11.1 Å². The molecule has 0 aromatic heterocycles. The third kappa shape index (κ3) is 3.02. The Balaban J connectivity index is 2.04. The molecule has 18 heavy (non-hydrogen) atoms. The molecule has 0 bridgehead atoms. The Bertz CT molecular complexity index is 588. The zero-order chi connectivity index (χ0) is 13.0. The first kappa shape index (κ1) is 12.5. The van der Waals surface area contributed by atoms with Crippen LogP contribution < -0.4 is 5.32 Å². The van der Waals surface area contributed by atoms with Crippen molar-refractivity contribution in [3.8, 4) is 11.8 Å². The maximum atomic E-state index is 9.18. The van der Waals surface area contributed by atoms with Crippen LogP contribution in [0.25, 0.3) is 0 Å². The number of nitriles is 1.